The minimum absolute atomic E-state index is 0.00674. The van der Waals surface area contributed by atoms with E-state index in [2.05, 4.69) is 5.32 Å². The van der Waals surface area contributed by atoms with E-state index in [0.29, 0.717) is 13.0 Å². The van der Waals surface area contributed by atoms with Crippen LogP contribution in [0.1, 0.15) is 24.5 Å². The zero-order chi connectivity index (χ0) is 14.5. The molecule has 0 bridgehead atoms. The second-order valence-electron chi connectivity index (χ2n) is 4.37. The summed E-state index contributed by atoms with van der Waals surface area (Å²) in [6.45, 7) is 2.12. The van der Waals surface area contributed by atoms with Gasteiger partial charge in [-0.25, -0.2) is 0 Å². The number of aliphatic hydroxyl groups excluding tert-OH is 1. The van der Waals surface area contributed by atoms with Crippen LogP contribution in [0.5, 0.6) is 0 Å². The van der Waals surface area contributed by atoms with Gasteiger partial charge in [0.2, 0.25) is 0 Å². The maximum absolute atomic E-state index is 12.8. The minimum atomic E-state index is -4.46. The lowest BCUT2D eigenvalue weighted by atomic mass is 10.1. The normalized spacial score (nSPS) is 12.8. The highest BCUT2D eigenvalue weighted by molar-refractivity contribution is 5.57. The van der Waals surface area contributed by atoms with Gasteiger partial charge >= 0.3 is 6.18 Å². The molecule has 3 nitrogen and oxygen atoms in total. The van der Waals surface area contributed by atoms with Gasteiger partial charge < -0.3 is 10.4 Å². The average Bonchev–Trinajstić information content (AvgIpc) is 2.35. The molecular formula is C13H15F3N2O. The lowest BCUT2D eigenvalue weighted by Gasteiger charge is -2.17. The van der Waals surface area contributed by atoms with Crippen molar-refractivity contribution in [2.24, 2.45) is 5.92 Å². The fourth-order valence-corrected chi connectivity index (χ4v) is 1.61. The van der Waals surface area contributed by atoms with Gasteiger partial charge in [0.05, 0.1) is 17.2 Å². The number of nitriles is 1. The zero-order valence-electron chi connectivity index (χ0n) is 10.5. The third-order valence-corrected chi connectivity index (χ3v) is 2.72. The highest BCUT2D eigenvalue weighted by Crippen LogP contribution is 2.35. The molecule has 0 aromatic heterocycles. The second kappa shape index (κ2) is 6.43. The highest BCUT2D eigenvalue weighted by Gasteiger charge is 2.33. The second-order valence-corrected chi connectivity index (χ2v) is 4.37. The van der Waals surface area contributed by atoms with Crippen molar-refractivity contribution in [3.63, 3.8) is 0 Å². The Morgan fingerprint density at radius 1 is 1.42 bits per heavy atom. The molecule has 6 heteroatoms. The number of halogens is 3. The van der Waals surface area contributed by atoms with Crippen LogP contribution >= 0.6 is 0 Å². The average molecular weight is 272 g/mol. The first-order chi connectivity index (χ1) is 8.88. The Labute approximate surface area is 109 Å². The Balaban J connectivity index is 2.93. The van der Waals surface area contributed by atoms with Gasteiger partial charge in [-0.15, -0.1) is 0 Å². The Morgan fingerprint density at radius 2 is 2.11 bits per heavy atom. The SMILES string of the molecule is C[C@H](CCO)CNc1cc(C#N)ccc1C(F)(F)F. The van der Waals surface area contributed by atoms with E-state index in [0.717, 1.165) is 12.1 Å². The molecule has 0 radical (unpaired) electrons. The summed E-state index contributed by atoms with van der Waals surface area (Å²) in [6, 6.07) is 5.04. The molecule has 0 saturated heterocycles. The van der Waals surface area contributed by atoms with E-state index < -0.39 is 11.7 Å². The molecule has 0 unspecified atom stereocenters. The first-order valence-electron chi connectivity index (χ1n) is 5.84. The van der Waals surface area contributed by atoms with Crippen molar-refractivity contribution < 1.29 is 18.3 Å². The summed E-state index contributed by atoms with van der Waals surface area (Å²) >= 11 is 0. The fraction of sp³-hybridized carbons (Fsp3) is 0.462. The smallest absolute Gasteiger partial charge is 0.396 e. The highest BCUT2D eigenvalue weighted by atomic mass is 19.4. The molecule has 1 rings (SSSR count). The molecule has 0 amide bonds. The number of nitrogens with one attached hydrogen (secondary N) is 1. The molecule has 0 aliphatic carbocycles. The summed E-state index contributed by atoms with van der Waals surface area (Å²) < 4.78 is 38.4. The monoisotopic (exact) mass is 272 g/mol. The Kier molecular flexibility index (Phi) is 5.19. The predicted molar refractivity (Wildman–Crippen MR) is 65.5 cm³/mol. The molecule has 19 heavy (non-hydrogen) atoms. The maximum Gasteiger partial charge on any atom is 0.418 e. The van der Waals surface area contributed by atoms with Crippen LogP contribution in [0, 0.1) is 17.2 Å². The summed E-state index contributed by atoms with van der Waals surface area (Å²) in [5, 5.41) is 20.2. The van der Waals surface area contributed by atoms with Crippen molar-refractivity contribution in [3.05, 3.63) is 29.3 Å². The van der Waals surface area contributed by atoms with Crippen LogP contribution in [0.25, 0.3) is 0 Å². The number of rotatable bonds is 5. The van der Waals surface area contributed by atoms with E-state index in [1.165, 1.54) is 6.07 Å². The third kappa shape index (κ3) is 4.45. The van der Waals surface area contributed by atoms with Crippen LogP contribution in [0.3, 0.4) is 0 Å². The number of alkyl halides is 3. The molecule has 104 valence electrons. The number of hydrogen-bond acceptors (Lipinski definition) is 3. The molecule has 0 saturated carbocycles. The minimum Gasteiger partial charge on any atom is -0.396 e. The summed E-state index contributed by atoms with van der Waals surface area (Å²) in [6.07, 6.45) is -3.96. The van der Waals surface area contributed by atoms with Gasteiger partial charge in [-0.1, -0.05) is 6.92 Å². The van der Waals surface area contributed by atoms with Crippen LogP contribution in [0.2, 0.25) is 0 Å². The summed E-state index contributed by atoms with van der Waals surface area (Å²) in [5.41, 5.74) is -0.718. The quantitative estimate of drug-likeness (QED) is 0.866. The largest absolute Gasteiger partial charge is 0.418 e. The standard InChI is InChI=1S/C13H15F3N2O/c1-9(4-5-19)8-18-12-6-10(7-17)2-3-11(12)13(14,15)16/h2-3,6,9,18-19H,4-5,8H2,1H3/t9-/m1/s1. The number of anilines is 1. The molecule has 0 aliphatic heterocycles. The lowest BCUT2D eigenvalue weighted by molar-refractivity contribution is -0.137. The molecule has 0 fully saturated rings. The van der Waals surface area contributed by atoms with Crippen LogP contribution < -0.4 is 5.32 Å². The molecule has 0 aliphatic rings. The molecule has 0 spiro atoms. The Morgan fingerprint density at radius 3 is 2.63 bits per heavy atom. The number of benzene rings is 1. The van der Waals surface area contributed by atoms with Crippen LogP contribution in [-0.4, -0.2) is 18.3 Å². The molecule has 0 heterocycles. The lowest BCUT2D eigenvalue weighted by Crippen LogP contribution is -2.16. The first-order valence-corrected chi connectivity index (χ1v) is 5.84. The van der Waals surface area contributed by atoms with Gasteiger partial charge in [0.1, 0.15) is 0 Å². The van der Waals surface area contributed by atoms with Crippen molar-refractivity contribution in [2.45, 2.75) is 19.5 Å². The number of hydrogen-bond donors (Lipinski definition) is 2. The molecule has 2 N–H and O–H groups in total. The van der Waals surface area contributed by atoms with Crippen molar-refractivity contribution in [1.82, 2.24) is 0 Å². The topological polar surface area (TPSA) is 56.0 Å². The van der Waals surface area contributed by atoms with Gasteiger partial charge in [0.15, 0.2) is 0 Å². The van der Waals surface area contributed by atoms with Crippen molar-refractivity contribution in [3.8, 4) is 6.07 Å². The molecular weight excluding hydrogens is 257 g/mol. The summed E-state index contributed by atoms with van der Waals surface area (Å²) in [5.74, 6) is 0.0387. The number of nitrogens with zero attached hydrogens (tertiary/aromatic N) is 1. The van der Waals surface area contributed by atoms with Crippen LogP contribution in [-0.2, 0) is 6.18 Å². The van der Waals surface area contributed by atoms with E-state index in [1.807, 2.05) is 13.0 Å². The number of aliphatic hydroxyl groups is 1. The van der Waals surface area contributed by atoms with E-state index in [9.17, 15) is 13.2 Å². The van der Waals surface area contributed by atoms with E-state index in [-0.39, 0.29) is 23.8 Å². The van der Waals surface area contributed by atoms with Crippen LogP contribution in [0.15, 0.2) is 18.2 Å². The van der Waals surface area contributed by atoms with E-state index in [4.69, 9.17) is 10.4 Å². The Bertz CT molecular complexity index is 466. The Hall–Kier alpha value is -1.74. The van der Waals surface area contributed by atoms with Gasteiger partial charge in [-0.3, -0.25) is 0 Å². The van der Waals surface area contributed by atoms with Gasteiger partial charge in [0, 0.05) is 18.8 Å². The van der Waals surface area contributed by atoms with E-state index >= 15 is 0 Å². The van der Waals surface area contributed by atoms with Crippen molar-refractivity contribution >= 4 is 5.69 Å². The first kappa shape index (κ1) is 15.3. The van der Waals surface area contributed by atoms with Gasteiger partial charge in [0.25, 0.3) is 0 Å². The fourth-order valence-electron chi connectivity index (χ4n) is 1.61. The van der Waals surface area contributed by atoms with E-state index in [1.54, 1.807) is 0 Å². The van der Waals surface area contributed by atoms with Crippen molar-refractivity contribution in [2.75, 3.05) is 18.5 Å². The van der Waals surface area contributed by atoms with Gasteiger partial charge in [-0.2, -0.15) is 18.4 Å². The van der Waals surface area contributed by atoms with Crippen LogP contribution in [0.4, 0.5) is 18.9 Å². The third-order valence-electron chi connectivity index (χ3n) is 2.72. The molecule has 1 atom stereocenters. The molecule has 1 aromatic rings. The van der Waals surface area contributed by atoms with Crippen molar-refractivity contribution in [1.29, 1.82) is 5.26 Å². The summed E-state index contributed by atoms with van der Waals surface area (Å²) in [4.78, 5) is 0. The predicted octanol–water partition coefficient (Wildman–Crippen LogP) is 3.01. The molecule has 1 aromatic carbocycles. The van der Waals surface area contributed by atoms with Gasteiger partial charge in [-0.05, 0) is 30.5 Å². The maximum atomic E-state index is 12.8. The summed E-state index contributed by atoms with van der Waals surface area (Å²) in [7, 11) is 0. The zero-order valence-corrected chi connectivity index (χ0v) is 10.5.